The number of amides is 1. The van der Waals surface area contributed by atoms with E-state index >= 15 is 0 Å². The number of carbonyl (C=O) groups excluding carboxylic acids is 2. The van der Waals surface area contributed by atoms with Crippen LogP contribution in [0.5, 0.6) is 0 Å². The van der Waals surface area contributed by atoms with E-state index in [1.165, 1.54) is 39.0 Å². The summed E-state index contributed by atoms with van der Waals surface area (Å²) in [6.07, 6.45) is 6.43. The number of benzene rings is 1. The van der Waals surface area contributed by atoms with Crippen molar-refractivity contribution in [3.63, 3.8) is 0 Å². The normalized spacial score (nSPS) is 15.7. The molecule has 0 radical (unpaired) electrons. The monoisotopic (exact) mass is 316 g/mol. The molecule has 1 aromatic rings. The van der Waals surface area contributed by atoms with Crippen molar-refractivity contribution in [3.05, 3.63) is 29.3 Å². The Hall–Kier alpha value is -1.68. The predicted octanol–water partition coefficient (Wildman–Crippen LogP) is 4.00. The van der Waals surface area contributed by atoms with Crippen LogP contribution in [-0.2, 0) is 11.3 Å². The average molecular weight is 316 g/mol. The quantitative estimate of drug-likeness (QED) is 0.807. The molecule has 0 unspecified atom stereocenters. The fraction of sp³-hybridized carbons (Fsp3) is 0.579. The Morgan fingerprint density at radius 2 is 1.87 bits per heavy atom. The molecule has 0 aliphatic heterocycles. The molecule has 1 saturated carbocycles. The number of anilines is 1. The summed E-state index contributed by atoms with van der Waals surface area (Å²) in [4.78, 5) is 25.6. The minimum atomic E-state index is -0.0810. The predicted molar refractivity (Wildman–Crippen MR) is 93.7 cm³/mol. The molecule has 4 nitrogen and oxygen atoms in total. The first-order valence-corrected chi connectivity index (χ1v) is 8.66. The summed E-state index contributed by atoms with van der Waals surface area (Å²) in [5, 5.41) is 2.90. The lowest BCUT2D eigenvalue weighted by Crippen LogP contribution is -2.36. The van der Waals surface area contributed by atoms with E-state index in [1.54, 1.807) is 13.0 Å². The fourth-order valence-corrected chi connectivity index (χ4v) is 3.42. The van der Waals surface area contributed by atoms with Gasteiger partial charge in [0.25, 0.3) is 0 Å². The smallest absolute Gasteiger partial charge is 0.221 e. The molecule has 2 rings (SSSR count). The van der Waals surface area contributed by atoms with Crippen molar-refractivity contribution < 1.29 is 9.59 Å². The van der Waals surface area contributed by atoms with Gasteiger partial charge in [-0.3, -0.25) is 14.5 Å². The summed E-state index contributed by atoms with van der Waals surface area (Å²) in [6.45, 7) is 7.03. The van der Waals surface area contributed by atoms with Crippen LogP contribution in [0.1, 0.15) is 68.8 Å². The Morgan fingerprint density at radius 3 is 2.43 bits per heavy atom. The lowest BCUT2D eigenvalue weighted by molar-refractivity contribution is -0.114. The maximum absolute atomic E-state index is 11.7. The molecule has 0 aromatic heterocycles. The van der Waals surface area contributed by atoms with Gasteiger partial charge in [-0.2, -0.15) is 0 Å². The van der Waals surface area contributed by atoms with Gasteiger partial charge in [0.2, 0.25) is 5.91 Å². The highest BCUT2D eigenvalue weighted by molar-refractivity contribution is 5.96. The topological polar surface area (TPSA) is 49.4 Å². The molecule has 0 heterocycles. The van der Waals surface area contributed by atoms with E-state index < -0.39 is 0 Å². The SMILES string of the molecule is CCN(Cc1cc(C(C)=O)ccc1NC(C)=O)C1CCCCC1. The minimum Gasteiger partial charge on any atom is -0.326 e. The first-order valence-electron chi connectivity index (χ1n) is 8.66. The molecule has 1 aromatic carbocycles. The molecule has 1 aliphatic carbocycles. The minimum absolute atomic E-state index is 0.0568. The van der Waals surface area contributed by atoms with Crippen molar-refractivity contribution in [2.75, 3.05) is 11.9 Å². The summed E-state index contributed by atoms with van der Waals surface area (Å²) >= 11 is 0. The number of nitrogens with zero attached hydrogens (tertiary/aromatic N) is 1. The Morgan fingerprint density at radius 1 is 1.17 bits per heavy atom. The number of nitrogens with one attached hydrogen (secondary N) is 1. The molecule has 1 N–H and O–H groups in total. The molecule has 0 saturated heterocycles. The van der Waals surface area contributed by atoms with Gasteiger partial charge in [-0.1, -0.05) is 26.2 Å². The lowest BCUT2D eigenvalue weighted by Gasteiger charge is -2.34. The first kappa shape index (κ1) is 17.7. The number of hydrogen-bond acceptors (Lipinski definition) is 3. The van der Waals surface area contributed by atoms with Gasteiger partial charge in [0.15, 0.2) is 5.78 Å². The van der Waals surface area contributed by atoms with Crippen LogP contribution in [0.15, 0.2) is 18.2 Å². The fourth-order valence-electron chi connectivity index (χ4n) is 3.42. The molecule has 1 fully saturated rings. The molecular weight excluding hydrogens is 288 g/mol. The van der Waals surface area contributed by atoms with Gasteiger partial charge < -0.3 is 5.32 Å². The highest BCUT2D eigenvalue weighted by atomic mass is 16.1. The van der Waals surface area contributed by atoms with Crippen molar-refractivity contribution in [2.24, 2.45) is 0 Å². The molecule has 126 valence electrons. The number of rotatable bonds is 6. The molecular formula is C19H28N2O2. The van der Waals surface area contributed by atoms with Crippen molar-refractivity contribution in [2.45, 2.75) is 65.5 Å². The third-order valence-corrected chi connectivity index (χ3v) is 4.69. The van der Waals surface area contributed by atoms with Crippen molar-refractivity contribution >= 4 is 17.4 Å². The maximum Gasteiger partial charge on any atom is 0.221 e. The molecule has 0 atom stereocenters. The van der Waals surface area contributed by atoms with E-state index in [0.29, 0.717) is 11.6 Å². The van der Waals surface area contributed by atoms with Gasteiger partial charge in [-0.25, -0.2) is 0 Å². The first-order chi connectivity index (χ1) is 11.0. The molecule has 1 amide bonds. The van der Waals surface area contributed by atoms with Crippen LogP contribution >= 0.6 is 0 Å². The van der Waals surface area contributed by atoms with Crippen molar-refractivity contribution in [1.82, 2.24) is 4.90 Å². The molecule has 0 spiro atoms. The van der Waals surface area contributed by atoms with Gasteiger partial charge >= 0.3 is 0 Å². The summed E-state index contributed by atoms with van der Waals surface area (Å²) in [5.74, 6) is -0.0242. The van der Waals surface area contributed by atoms with Crippen LogP contribution in [0.2, 0.25) is 0 Å². The standard InChI is InChI=1S/C19H28N2O2/c1-4-21(18-8-6-5-7-9-18)13-17-12-16(14(2)22)10-11-19(17)20-15(3)23/h10-12,18H,4-9,13H2,1-3H3,(H,20,23). The second kappa shape index (κ2) is 8.25. The van der Waals surface area contributed by atoms with Crippen molar-refractivity contribution in [3.8, 4) is 0 Å². The van der Waals surface area contributed by atoms with Gasteiger partial charge in [0, 0.05) is 30.8 Å². The van der Waals surface area contributed by atoms with E-state index in [0.717, 1.165) is 24.3 Å². The third kappa shape index (κ3) is 4.90. The number of ketones is 1. The van der Waals surface area contributed by atoms with E-state index in [9.17, 15) is 9.59 Å². The Balaban J connectivity index is 2.24. The largest absolute Gasteiger partial charge is 0.326 e. The van der Waals surface area contributed by atoms with E-state index in [1.807, 2.05) is 12.1 Å². The highest BCUT2D eigenvalue weighted by Gasteiger charge is 2.21. The maximum atomic E-state index is 11.7. The zero-order chi connectivity index (χ0) is 16.8. The zero-order valence-electron chi connectivity index (χ0n) is 14.5. The van der Waals surface area contributed by atoms with Gasteiger partial charge in [-0.15, -0.1) is 0 Å². The molecule has 23 heavy (non-hydrogen) atoms. The zero-order valence-corrected chi connectivity index (χ0v) is 14.5. The van der Waals surface area contributed by atoms with Crippen LogP contribution in [0.4, 0.5) is 5.69 Å². The van der Waals surface area contributed by atoms with Gasteiger partial charge in [0.05, 0.1) is 0 Å². The second-order valence-corrected chi connectivity index (χ2v) is 6.46. The summed E-state index contributed by atoms with van der Waals surface area (Å²) in [5.41, 5.74) is 2.55. The Labute approximate surface area is 139 Å². The van der Waals surface area contributed by atoms with E-state index in [4.69, 9.17) is 0 Å². The van der Waals surface area contributed by atoms with Crippen LogP contribution in [0.25, 0.3) is 0 Å². The van der Waals surface area contributed by atoms with E-state index in [2.05, 4.69) is 17.1 Å². The van der Waals surface area contributed by atoms with Gasteiger partial charge in [-0.05, 0) is 50.1 Å². The van der Waals surface area contributed by atoms with Crippen LogP contribution in [-0.4, -0.2) is 29.2 Å². The van der Waals surface area contributed by atoms with E-state index in [-0.39, 0.29) is 11.7 Å². The number of hydrogen-bond donors (Lipinski definition) is 1. The third-order valence-electron chi connectivity index (χ3n) is 4.69. The number of carbonyl (C=O) groups is 2. The summed E-state index contributed by atoms with van der Waals surface area (Å²) in [6, 6.07) is 6.18. The molecule has 1 aliphatic rings. The molecule has 0 bridgehead atoms. The highest BCUT2D eigenvalue weighted by Crippen LogP contribution is 2.26. The average Bonchev–Trinajstić information content (AvgIpc) is 2.54. The lowest BCUT2D eigenvalue weighted by atomic mass is 9.93. The second-order valence-electron chi connectivity index (χ2n) is 6.46. The Kier molecular flexibility index (Phi) is 6.34. The number of Topliss-reactive ketones (excluding diaryl/α,β-unsaturated/α-hetero) is 1. The van der Waals surface area contributed by atoms with Gasteiger partial charge in [0.1, 0.15) is 0 Å². The van der Waals surface area contributed by atoms with Crippen LogP contribution in [0, 0.1) is 0 Å². The summed E-state index contributed by atoms with van der Waals surface area (Å²) < 4.78 is 0. The van der Waals surface area contributed by atoms with Crippen LogP contribution in [0.3, 0.4) is 0 Å². The molecule has 4 heteroatoms. The van der Waals surface area contributed by atoms with Crippen LogP contribution < -0.4 is 5.32 Å². The van der Waals surface area contributed by atoms with Crippen molar-refractivity contribution in [1.29, 1.82) is 0 Å². The Bertz CT molecular complexity index is 562. The summed E-state index contributed by atoms with van der Waals surface area (Å²) in [7, 11) is 0.